The second-order valence-electron chi connectivity index (χ2n) is 2.48. The molecular weight excluding hydrogens is 204 g/mol. The number of carbonyl (C=O) groups excluding carboxylic acids is 2. The zero-order valence-electron chi connectivity index (χ0n) is 7.65. The lowest BCUT2D eigenvalue weighted by Crippen LogP contribution is -2.14. The number of ether oxygens (including phenoxy) is 1. The zero-order valence-corrected chi connectivity index (χ0v) is 8.47. The molecule has 0 aliphatic carbocycles. The van der Waals surface area contributed by atoms with Gasteiger partial charge in [-0.2, -0.15) is 0 Å². The van der Waals surface area contributed by atoms with Gasteiger partial charge in [0, 0.05) is 18.5 Å². The van der Waals surface area contributed by atoms with E-state index < -0.39 is 0 Å². The number of aromatic nitrogens is 1. The summed E-state index contributed by atoms with van der Waals surface area (Å²) in [5.41, 5.74) is 0. The van der Waals surface area contributed by atoms with Gasteiger partial charge in [-0.05, 0) is 0 Å². The van der Waals surface area contributed by atoms with E-state index in [2.05, 4.69) is 15.0 Å². The van der Waals surface area contributed by atoms with Crippen LogP contribution in [0, 0.1) is 0 Å². The van der Waals surface area contributed by atoms with Crippen molar-refractivity contribution in [3.05, 3.63) is 11.6 Å². The van der Waals surface area contributed by atoms with Gasteiger partial charge in [-0.1, -0.05) is 0 Å². The normalized spacial score (nSPS) is 9.50. The van der Waals surface area contributed by atoms with E-state index in [1.54, 1.807) is 11.6 Å². The van der Waals surface area contributed by atoms with Crippen LogP contribution in [0.4, 0.5) is 5.13 Å². The van der Waals surface area contributed by atoms with E-state index in [9.17, 15) is 9.59 Å². The second-order valence-corrected chi connectivity index (χ2v) is 3.37. The van der Waals surface area contributed by atoms with Crippen molar-refractivity contribution in [3.63, 3.8) is 0 Å². The third-order valence-corrected chi connectivity index (χ3v) is 2.00. The van der Waals surface area contributed by atoms with Crippen molar-refractivity contribution in [3.8, 4) is 0 Å². The average molecular weight is 214 g/mol. The molecule has 0 fully saturated rings. The summed E-state index contributed by atoms with van der Waals surface area (Å²) in [4.78, 5) is 25.4. The predicted molar refractivity (Wildman–Crippen MR) is 52.0 cm³/mol. The van der Waals surface area contributed by atoms with Crippen molar-refractivity contribution in [2.45, 2.75) is 13.3 Å². The van der Waals surface area contributed by atoms with Gasteiger partial charge in [0.2, 0.25) is 5.91 Å². The number of rotatable bonds is 4. The molecule has 0 aliphatic heterocycles. The molecule has 0 saturated carbocycles. The summed E-state index contributed by atoms with van der Waals surface area (Å²) < 4.78 is 4.61. The number of amides is 1. The fraction of sp³-hybridized carbons (Fsp3) is 0.375. The Bertz CT molecular complexity index is 310. The quantitative estimate of drug-likeness (QED) is 0.760. The number of hydrogen-bond acceptors (Lipinski definition) is 5. The Hall–Kier alpha value is -1.43. The Morgan fingerprint density at radius 1 is 1.64 bits per heavy atom. The third kappa shape index (κ3) is 3.99. The summed E-state index contributed by atoms with van der Waals surface area (Å²) in [6.45, 7) is 1.41. The van der Waals surface area contributed by atoms with Crippen LogP contribution in [0.15, 0.2) is 11.6 Å². The summed E-state index contributed by atoms with van der Waals surface area (Å²) in [5.74, 6) is -0.590. The number of nitrogens with one attached hydrogen (secondary N) is 1. The van der Waals surface area contributed by atoms with Crippen LogP contribution in [0.5, 0.6) is 0 Å². The van der Waals surface area contributed by atoms with Gasteiger partial charge < -0.3 is 10.1 Å². The van der Waals surface area contributed by atoms with Crippen LogP contribution in [-0.4, -0.2) is 23.5 Å². The number of thiazole rings is 1. The lowest BCUT2D eigenvalue weighted by atomic mass is 10.4. The zero-order chi connectivity index (χ0) is 10.4. The van der Waals surface area contributed by atoms with Crippen molar-refractivity contribution in [2.24, 2.45) is 0 Å². The first-order chi connectivity index (χ1) is 6.68. The largest absolute Gasteiger partial charge is 0.465 e. The first-order valence-corrected chi connectivity index (χ1v) is 4.89. The Labute approximate surface area is 85.1 Å². The molecule has 14 heavy (non-hydrogen) atoms. The Kier molecular flexibility index (Phi) is 4.06. The van der Waals surface area contributed by atoms with E-state index in [-0.39, 0.29) is 24.9 Å². The van der Waals surface area contributed by atoms with Gasteiger partial charge in [0.05, 0.1) is 6.42 Å². The number of esters is 1. The van der Waals surface area contributed by atoms with Crippen molar-refractivity contribution in [2.75, 3.05) is 11.9 Å². The fourth-order valence-electron chi connectivity index (χ4n) is 0.754. The number of carbonyl (C=O) groups is 2. The molecule has 6 heteroatoms. The van der Waals surface area contributed by atoms with E-state index in [0.29, 0.717) is 5.13 Å². The third-order valence-electron chi connectivity index (χ3n) is 1.31. The first-order valence-electron chi connectivity index (χ1n) is 4.01. The minimum absolute atomic E-state index is 0.104. The molecule has 0 spiro atoms. The van der Waals surface area contributed by atoms with E-state index >= 15 is 0 Å². The predicted octanol–water partition coefficient (Wildman–Crippen LogP) is 1.03. The van der Waals surface area contributed by atoms with Gasteiger partial charge in [-0.25, -0.2) is 4.98 Å². The minimum Gasteiger partial charge on any atom is -0.465 e. The summed E-state index contributed by atoms with van der Waals surface area (Å²) in [6.07, 6.45) is 1.76. The molecule has 0 saturated heterocycles. The molecule has 1 heterocycles. The summed E-state index contributed by atoms with van der Waals surface area (Å²) in [5, 5.41) is 4.89. The van der Waals surface area contributed by atoms with E-state index in [1.165, 1.54) is 18.3 Å². The molecule has 0 unspecified atom stereocenters. The Morgan fingerprint density at radius 3 is 3.00 bits per heavy atom. The molecule has 1 N–H and O–H groups in total. The van der Waals surface area contributed by atoms with Crippen LogP contribution in [0.25, 0.3) is 0 Å². The lowest BCUT2D eigenvalue weighted by Gasteiger charge is -2.01. The summed E-state index contributed by atoms with van der Waals surface area (Å²) in [7, 11) is 0. The van der Waals surface area contributed by atoms with Crippen LogP contribution in [0.3, 0.4) is 0 Å². The van der Waals surface area contributed by atoms with Crippen molar-refractivity contribution >= 4 is 28.3 Å². The fourth-order valence-corrected chi connectivity index (χ4v) is 1.30. The van der Waals surface area contributed by atoms with Gasteiger partial charge >= 0.3 is 5.97 Å². The smallest absolute Gasteiger partial charge is 0.302 e. The van der Waals surface area contributed by atoms with E-state index in [0.717, 1.165) is 0 Å². The highest BCUT2D eigenvalue weighted by molar-refractivity contribution is 7.13. The summed E-state index contributed by atoms with van der Waals surface area (Å²) in [6, 6.07) is 0. The lowest BCUT2D eigenvalue weighted by molar-refractivity contribution is -0.141. The molecule has 0 radical (unpaired) electrons. The van der Waals surface area contributed by atoms with Crippen molar-refractivity contribution < 1.29 is 14.3 Å². The number of anilines is 1. The molecule has 0 bridgehead atoms. The van der Waals surface area contributed by atoms with Crippen LogP contribution in [0.2, 0.25) is 0 Å². The molecule has 0 aliphatic rings. The highest BCUT2D eigenvalue weighted by Gasteiger charge is 2.04. The maximum absolute atomic E-state index is 11.2. The van der Waals surface area contributed by atoms with Gasteiger partial charge in [-0.3, -0.25) is 9.59 Å². The topological polar surface area (TPSA) is 68.3 Å². The van der Waals surface area contributed by atoms with E-state index in [1.807, 2.05) is 0 Å². The second kappa shape index (κ2) is 5.33. The van der Waals surface area contributed by atoms with Crippen molar-refractivity contribution in [1.82, 2.24) is 4.98 Å². The standard InChI is InChI=1S/C8H10N2O3S/c1-6(11)13-4-2-7(12)10-8-9-3-5-14-8/h3,5H,2,4H2,1H3,(H,9,10,12). The van der Waals surface area contributed by atoms with Gasteiger partial charge in [-0.15, -0.1) is 11.3 Å². The highest BCUT2D eigenvalue weighted by atomic mass is 32.1. The number of hydrogen-bond donors (Lipinski definition) is 1. The highest BCUT2D eigenvalue weighted by Crippen LogP contribution is 2.10. The molecule has 1 aromatic heterocycles. The maximum atomic E-state index is 11.2. The van der Waals surface area contributed by atoms with Gasteiger partial charge in [0.1, 0.15) is 6.61 Å². The average Bonchev–Trinajstić information content (AvgIpc) is 2.56. The monoisotopic (exact) mass is 214 g/mol. The SMILES string of the molecule is CC(=O)OCCC(=O)Nc1nccs1. The van der Waals surface area contributed by atoms with Crippen molar-refractivity contribution in [1.29, 1.82) is 0 Å². The van der Waals surface area contributed by atoms with Crippen LogP contribution < -0.4 is 5.32 Å². The number of nitrogens with zero attached hydrogens (tertiary/aromatic N) is 1. The van der Waals surface area contributed by atoms with Gasteiger partial charge in [0.15, 0.2) is 5.13 Å². The Morgan fingerprint density at radius 2 is 2.43 bits per heavy atom. The molecular formula is C8H10N2O3S. The molecule has 1 rings (SSSR count). The molecule has 76 valence electrons. The molecule has 1 amide bonds. The Balaban J connectivity index is 2.20. The van der Waals surface area contributed by atoms with Gasteiger partial charge in [0.25, 0.3) is 0 Å². The van der Waals surface area contributed by atoms with E-state index in [4.69, 9.17) is 0 Å². The minimum atomic E-state index is -0.382. The maximum Gasteiger partial charge on any atom is 0.302 e. The molecule has 0 atom stereocenters. The molecule has 5 nitrogen and oxygen atoms in total. The van der Waals surface area contributed by atoms with Crippen LogP contribution >= 0.6 is 11.3 Å². The van der Waals surface area contributed by atoms with Crippen LogP contribution in [-0.2, 0) is 14.3 Å². The first kappa shape index (κ1) is 10.6. The molecule has 0 aromatic carbocycles. The summed E-state index contributed by atoms with van der Waals surface area (Å²) >= 11 is 1.34. The van der Waals surface area contributed by atoms with Crippen LogP contribution in [0.1, 0.15) is 13.3 Å². The molecule has 1 aromatic rings.